The zero-order chi connectivity index (χ0) is 15.2. The van der Waals surface area contributed by atoms with Gasteiger partial charge in [-0.05, 0) is 65.0 Å². The van der Waals surface area contributed by atoms with E-state index in [1.54, 1.807) is 0 Å². The van der Waals surface area contributed by atoms with Gasteiger partial charge < -0.3 is 15.3 Å². The minimum atomic E-state index is -0.597. The van der Waals surface area contributed by atoms with Crippen molar-refractivity contribution in [3.63, 3.8) is 0 Å². The summed E-state index contributed by atoms with van der Waals surface area (Å²) in [6.07, 6.45) is 6.56. The van der Waals surface area contributed by atoms with Gasteiger partial charge >= 0.3 is 0 Å². The smallest absolute Gasteiger partial charge is 0.0718 e. The molecule has 3 unspecified atom stereocenters. The van der Waals surface area contributed by atoms with Crippen LogP contribution in [0.2, 0.25) is 0 Å². The maximum Gasteiger partial charge on any atom is 0.0718 e. The molecule has 0 aliphatic heterocycles. The zero-order valence-corrected chi connectivity index (χ0v) is 14.3. The van der Waals surface area contributed by atoms with Gasteiger partial charge in [-0.1, -0.05) is 20.3 Å². The van der Waals surface area contributed by atoms with E-state index in [2.05, 4.69) is 31.1 Å². The summed E-state index contributed by atoms with van der Waals surface area (Å²) in [6.45, 7) is 11.3. The molecule has 0 aromatic rings. The van der Waals surface area contributed by atoms with E-state index in [1.807, 2.05) is 13.8 Å². The van der Waals surface area contributed by atoms with Gasteiger partial charge in [0.25, 0.3) is 0 Å². The zero-order valence-electron chi connectivity index (χ0n) is 14.3. The van der Waals surface area contributed by atoms with Crippen molar-refractivity contribution in [1.82, 2.24) is 10.2 Å². The maximum absolute atomic E-state index is 9.97. The fourth-order valence-corrected chi connectivity index (χ4v) is 3.66. The van der Waals surface area contributed by atoms with Crippen LogP contribution in [-0.2, 0) is 0 Å². The normalized spacial score (nSPS) is 28.1. The molecule has 120 valence electrons. The predicted octanol–water partition coefficient (Wildman–Crippen LogP) is 2.88. The molecule has 0 bridgehead atoms. The average Bonchev–Trinajstić information content (AvgIpc) is 2.34. The van der Waals surface area contributed by atoms with Crippen LogP contribution in [0.5, 0.6) is 0 Å². The van der Waals surface area contributed by atoms with Gasteiger partial charge in [0.05, 0.1) is 5.60 Å². The molecule has 20 heavy (non-hydrogen) atoms. The van der Waals surface area contributed by atoms with Crippen LogP contribution >= 0.6 is 0 Å². The van der Waals surface area contributed by atoms with E-state index in [1.165, 1.54) is 32.1 Å². The fourth-order valence-electron chi connectivity index (χ4n) is 3.66. The molecule has 0 aromatic heterocycles. The van der Waals surface area contributed by atoms with Crippen LogP contribution in [0.4, 0.5) is 0 Å². The van der Waals surface area contributed by atoms with Crippen LogP contribution in [0.15, 0.2) is 0 Å². The highest BCUT2D eigenvalue weighted by molar-refractivity contribution is 4.86. The topological polar surface area (TPSA) is 35.5 Å². The third kappa shape index (κ3) is 6.55. The Morgan fingerprint density at radius 1 is 1.25 bits per heavy atom. The quantitative estimate of drug-likeness (QED) is 0.719. The minimum absolute atomic E-state index is 0.597. The van der Waals surface area contributed by atoms with Crippen molar-refractivity contribution < 1.29 is 5.11 Å². The SMILES string of the molecule is CCCNC1CCC(CC)CC1CN(C)CC(C)(C)O. The molecule has 1 saturated carbocycles. The highest BCUT2D eigenvalue weighted by Crippen LogP contribution is 2.32. The van der Waals surface area contributed by atoms with E-state index in [9.17, 15) is 5.11 Å². The highest BCUT2D eigenvalue weighted by Gasteiger charge is 2.30. The summed E-state index contributed by atoms with van der Waals surface area (Å²) in [4.78, 5) is 2.31. The molecule has 0 radical (unpaired) electrons. The van der Waals surface area contributed by atoms with Gasteiger partial charge in [-0.3, -0.25) is 0 Å². The molecule has 0 amide bonds. The molecule has 0 aromatic carbocycles. The number of aliphatic hydroxyl groups is 1. The lowest BCUT2D eigenvalue weighted by Gasteiger charge is -2.39. The van der Waals surface area contributed by atoms with Gasteiger partial charge in [0.1, 0.15) is 0 Å². The second-order valence-corrected chi connectivity index (χ2v) is 7.42. The van der Waals surface area contributed by atoms with E-state index < -0.39 is 5.60 Å². The summed E-state index contributed by atoms with van der Waals surface area (Å²) < 4.78 is 0. The predicted molar refractivity (Wildman–Crippen MR) is 87.0 cm³/mol. The number of hydrogen-bond acceptors (Lipinski definition) is 3. The van der Waals surface area contributed by atoms with E-state index in [0.717, 1.165) is 31.5 Å². The lowest BCUT2D eigenvalue weighted by Crippen LogP contribution is -2.47. The molecular weight excluding hydrogens is 248 g/mol. The standard InChI is InChI=1S/C17H36N2O/c1-6-10-18-16-9-8-14(7-2)11-15(16)12-19(5)13-17(3,4)20/h14-16,18,20H,6-13H2,1-5H3. The molecule has 3 heteroatoms. The molecule has 3 nitrogen and oxygen atoms in total. The number of hydrogen-bond donors (Lipinski definition) is 2. The molecule has 0 spiro atoms. The van der Waals surface area contributed by atoms with E-state index in [0.29, 0.717) is 6.04 Å². The summed E-state index contributed by atoms with van der Waals surface area (Å²) in [5.74, 6) is 1.63. The Morgan fingerprint density at radius 2 is 1.95 bits per heavy atom. The van der Waals surface area contributed by atoms with Gasteiger partial charge in [0.15, 0.2) is 0 Å². The lowest BCUT2D eigenvalue weighted by molar-refractivity contribution is 0.0334. The van der Waals surface area contributed by atoms with Crippen molar-refractivity contribution >= 4 is 0 Å². The third-order valence-corrected chi connectivity index (χ3v) is 4.53. The number of rotatable bonds is 8. The third-order valence-electron chi connectivity index (χ3n) is 4.53. The first-order chi connectivity index (χ1) is 9.35. The Labute approximate surface area is 126 Å². The summed E-state index contributed by atoms with van der Waals surface area (Å²) in [6, 6.07) is 0.669. The van der Waals surface area contributed by atoms with Crippen LogP contribution in [0.25, 0.3) is 0 Å². The number of nitrogens with one attached hydrogen (secondary N) is 1. The molecule has 1 aliphatic carbocycles. The summed E-state index contributed by atoms with van der Waals surface area (Å²) in [7, 11) is 2.14. The van der Waals surface area contributed by atoms with Crippen LogP contribution in [0.1, 0.15) is 59.8 Å². The van der Waals surface area contributed by atoms with Crippen LogP contribution in [0.3, 0.4) is 0 Å². The number of likely N-dealkylation sites (N-methyl/N-ethyl adjacent to an activating group) is 1. The molecule has 1 rings (SSSR count). The monoisotopic (exact) mass is 284 g/mol. The molecule has 0 heterocycles. The largest absolute Gasteiger partial charge is 0.389 e. The van der Waals surface area contributed by atoms with Crippen LogP contribution in [0, 0.1) is 11.8 Å². The Bertz CT molecular complexity index is 262. The first-order valence-electron chi connectivity index (χ1n) is 8.50. The maximum atomic E-state index is 9.97. The molecule has 0 saturated heterocycles. The summed E-state index contributed by atoms with van der Waals surface area (Å²) in [5.41, 5.74) is -0.597. The Hall–Kier alpha value is -0.120. The second kappa shape index (κ2) is 8.35. The Balaban J connectivity index is 2.54. The molecule has 3 atom stereocenters. The Morgan fingerprint density at radius 3 is 2.50 bits per heavy atom. The Kier molecular flexibility index (Phi) is 7.49. The van der Waals surface area contributed by atoms with E-state index in [4.69, 9.17) is 0 Å². The highest BCUT2D eigenvalue weighted by atomic mass is 16.3. The molecule has 1 fully saturated rings. The van der Waals surface area contributed by atoms with E-state index in [-0.39, 0.29) is 0 Å². The number of nitrogens with zero attached hydrogens (tertiary/aromatic N) is 1. The molecular formula is C17H36N2O. The van der Waals surface area contributed by atoms with Crippen molar-refractivity contribution in [2.75, 3.05) is 26.7 Å². The van der Waals surface area contributed by atoms with Crippen molar-refractivity contribution in [3.8, 4) is 0 Å². The summed E-state index contributed by atoms with van der Waals surface area (Å²) >= 11 is 0. The minimum Gasteiger partial charge on any atom is -0.389 e. The fraction of sp³-hybridized carbons (Fsp3) is 1.00. The first-order valence-corrected chi connectivity index (χ1v) is 8.50. The van der Waals surface area contributed by atoms with Crippen LogP contribution in [-0.4, -0.2) is 48.3 Å². The van der Waals surface area contributed by atoms with Gasteiger partial charge in [-0.15, -0.1) is 0 Å². The second-order valence-electron chi connectivity index (χ2n) is 7.42. The van der Waals surface area contributed by atoms with Gasteiger partial charge in [0, 0.05) is 19.1 Å². The van der Waals surface area contributed by atoms with Crippen molar-refractivity contribution in [1.29, 1.82) is 0 Å². The molecule has 2 N–H and O–H groups in total. The van der Waals surface area contributed by atoms with Gasteiger partial charge in [-0.25, -0.2) is 0 Å². The summed E-state index contributed by atoms with van der Waals surface area (Å²) in [5, 5.41) is 13.7. The average molecular weight is 284 g/mol. The van der Waals surface area contributed by atoms with Gasteiger partial charge in [0.2, 0.25) is 0 Å². The first kappa shape index (κ1) is 17.9. The molecule has 1 aliphatic rings. The lowest BCUT2D eigenvalue weighted by atomic mass is 9.76. The van der Waals surface area contributed by atoms with Crippen molar-refractivity contribution in [2.45, 2.75) is 71.4 Å². The van der Waals surface area contributed by atoms with E-state index >= 15 is 0 Å². The van der Waals surface area contributed by atoms with Crippen molar-refractivity contribution in [3.05, 3.63) is 0 Å². The van der Waals surface area contributed by atoms with Crippen molar-refractivity contribution in [2.24, 2.45) is 11.8 Å². The van der Waals surface area contributed by atoms with Crippen LogP contribution < -0.4 is 5.32 Å². The van der Waals surface area contributed by atoms with Gasteiger partial charge in [-0.2, -0.15) is 0 Å².